The minimum Gasteiger partial charge on any atom is -0.380 e. The lowest BCUT2D eigenvalue weighted by molar-refractivity contribution is 0.00249. The van der Waals surface area contributed by atoms with Crippen LogP contribution in [-0.2, 0) is 15.1 Å². The van der Waals surface area contributed by atoms with Crippen molar-refractivity contribution in [3.8, 4) is 0 Å². The van der Waals surface area contributed by atoms with Crippen LogP contribution in [0.15, 0.2) is 91.0 Å². The fraction of sp³-hybridized carbons (Fsp3) is 0.561. The Morgan fingerprint density at radius 3 is 1.23 bits per heavy atom. The zero-order valence-electron chi connectivity index (χ0n) is 27.9. The van der Waals surface area contributed by atoms with Gasteiger partial charge in [0.1, 0.15) is 5.60 Å². The van der Waals surface area contributed by atoms with Crippen LogP contribution in [0.5, 0.6) is 0 Å². The molecule has 0 spiro atoms. The van der Waals surface area contributed by atoms with E-state index in [2.05, 4.69) is 104 Å². The molecule has 44 heavy (non-hydrogen) atoms. The maximum atomic E-state index is 7.03. The van der Waals surface area contributed by atoms with Gasteiger partial charge in [-0.3, -0.25) is 0 Å². The summed E-state index contributed by atoms with van der Waals surface area (Å²) >= 11 is 1.84. The fourth-order valence-electron chi connectivity index (χ4n) is 6.14. The lowest BCUT2D eigenvalue weighted by Gasteiger charge is -2.37. The normalized spacial score (nSPS) is 12.4. The molecule has 0 heterocycles. The third-order valence-corrected chi connectivity index (χ3v) is 9.74. The molecule has 3 rings (SSSR count). The Hall–Kier alpha value is -2.07. The van der Waals surface area contributed by atoms with E-state index >= 15 is 0 Å². The molecule has 0 aliphatic carbocycles. The summed E-state index contributed by atoms with van der Waals surface area (Å²) in [7, 11) is 0. The SMILES string of the molecule is CCCCCCCCCCCCCCCCCCOCC(COC(c1ccccc1)(c1ccccc1)c1ccccc1)SC. The first-order chi connectivity index (χ1) is 21.8. The fourth-order valence-corrected chi connectivity index (χ4v) is 6.57. The second kappa shape index (κ2) is 23.3. The van der Waals surface area contributed by atoms with E-state index in [-0.39, 0.29) is 5.25 Å². The van der Waals surface area contributed by atoms with E-state index < -0.39 is 5.60 Å². The van der Waals surface area contributed by atoms with E-state index in [1.165, 1.54) is 96.3 Å². The van der Waals surface area contributed by atoms with Gasteiger partial charge in [0.25, 0.3) is 0 Å². The monoisotopic (exact) mass is 616 g/mol. The maximum absolute atomic E-state index is 7.03. The van der Waals surface area contributed by atoms with Crippen LogP contribution in [-0.4, -0.2) is 31.3 Å². The lowest BCUT2D eigenvalue weighted by atomic mass is 9.80. The molecule has 0 bridgehead atoms. The largest absolute Gasteiger partial charge is 0.380 e. The molecule has 0 aromatic heterocycles. The molecule has 0 fully saturated rings. The maximum Gasteiger partial charge on any atom is 0.143 e. The minimum atomic E-state index is -0.675. The Labute approximate surface area is 274 Å². The van der Waals surface area contributed by atoms with Crippen LogP contribution < -0.4 is 0 Å². The van der Waals surface area contributed by atoms with Gasteiger partial charge in [-0.05, 0) is 29.4 Å². The third-order valence-electron chi connectivity index (χ3n) is 8.81. The predicted octanol–water partition coefficient (Wildman–Crippen LogP) is 12.0. The van der Waals surface area contributed by atoms with Gasteiger partial charge in [-0.15, -0.1) is 0 Å². The summed E-state index contributed by atoms with van der Waals surface area (Å²) in [4.78, 5) is 0. The van der Waals surface area contributed by atoms with E-state index in [0.717, 1.165) is 29.7 Å². The van der Waals surface area contributed by atoms with Crippen LogP contribution >= 0.6 is 11.8 Å². The molecule has 0 radical (unpaired) electrons. The van der Waals surface area contributed by atoms with E-state index in [9.17, 15) is 0 Å². The molecular formula is C41H60O2S. The van der Waals surface area contributed by atoms with Crippen LogP contribution in [0.2, 0.25) is 0 Å². The first kappa shape index (κ1) is 36.4. The standard InChI is InChI=1S/C41H60O2S/c1-3-4-5-6-7-8-9-10-11-12-13-14-15-16-17-27-34-42-35-40(44-2)36-43-41(37-28-21-18-22-29-37,38-30-23-19-24-31-38)39-32-25-20-26-33-39/h18-26,28-33,40H,3-17,27,34-36H2,1-2H3. The third kappa shape index (κ3) is 13.1. The van der Waals surface area contributed by atoms with Gasteiger partial charge in [-0.2, -0.15) is 11.8 Å². The van der Waals surface area contributed by atoms with Crippen molar-refractivity contribution in [2.24, 2.45) is 0 Å². The van der Waals surface area contributed by atoms with Crippen LogP contribution in [0, 0.1) is 0 Å². The Bertz CT molecular complexity index is 959. The highest BCUT2D eigenvalue weighted by Gasteiger charge is 2.38. The van der Waals surface area contributed by atoms with Crippen molar-refractivity contribution in [1.29, 1.82) is 0 Å². The highest BCUT2D eigenvalue weighted by atomic mass is 32.2. The molecular weight excluding hydrogens is 557 g/mol. The minimum absolute atomic E-state index is 0.270. The molecule has 3 heteroatoms. The molecule has 0 N–H and O–H groups in total. The van der Waals surface area contributed by atoms with Crippen molar-refractivity contribution >= 4 is 11.8 Å². The van der Waals surface area contributed by atoms with Gasteiger partial charge in [0.05, 0.1) is 18.5 Å². The van der Waals surface area contributed by atoms with Gasteiger partial charge in [0, 0.05) is 6.61 Å². The smallest absolute Gasteiger partial charge is 0.143 e. The Balaban J connectivity index is 1.34. The zero-order chi connectivity index (χ0) is 31.0. The van der Waals surface area contributed by atoms with Crippen molar-refractivity contribution in [1.82, 2.24) is 0 Å². The predicted molar refractivity (Wildman–Crippen MR) is 193 cm³/mol. The molecule has 2 nitrogen and oxygen atoms in total. The van der Waals surface area contributed by atoms with E-state index in [4.69, 9.17) is 9.47 Å². The van der Waals surface area contributed by atoms with Gasteiger partial charge in [-0.1, -0.05) is 194 Å². The van der Waals surface area contributed by atoms with Crippen LogP contribution in [0.4, 0.5) is 0 Å². The van der Waals surface area contributed by atoms with Gasteiger partial charge in [-0.25, -0.2) is 0 Å². The van der Waals surface area contributed by atoms with Crippen molar-refractivity contribution < 1.29 is 9.47 Å². The van der Waals surface area contributed by atoms with Crippen molar-refractivity contribution in [2.45, 2.75) is 121 Å². The first-order valence-corrected chi connectivity index (χ1v) is 19.0. The average molecular weight is 617 g/mol. The summed E-state index contributed by atoms with van der Waals surface area (Å²) in [6.07, 6.45) is 24.4. The van der Waals surface area contributed by atoms with Crippen molar-refractivity contribution in [3.05, 3.63) is 108 Å². The quantitative estimate of drug-likeness (QED) is 0.0660. The Morgan fingerprint density at radius 1 is 0.500 bits per heavy atom. The van der Waals surface area contributed by atoms with Gasteiger partial charge >= 0.3 is 0 Å². The van der Waals surface area contributed by atoms with E-state index in [1.54, 1.807) is 0 Å². The molecule has 1 unspecified atom stereocenters. The molecule has 0 amide bonds. The van der Waals surface area contributed by atoms with E-state index in [1.807, 2.05) is 11.8 Å². The summed E-state index contributed by atoms with van der Waals surface area (Å²) in [5.74, 6) is 0. The second-order valence-electron chi connectivity index (χ2n) is 12.3. The molecule has 0 aliphatic heterocycles. The molecule has 242 valence electrons. The van der Waals surface area contributed by atoms with Gasteiger partial charge < -0.3 is 9.47 Å². The molecule has 0 saturated carbocycles. The van der Waals surface area contributed by atoms with Gasteiger partial charge in [0.15, 0.2) is 0 Å². The van der Waals surface area contributed by atoms with Gasteiger partial charge in [0.2, 0.25) is 0 Å². The first-order valence-electron chi connectivity index (χ1n) is 17.7. The topological polar surface area (TPSA) is 18.5 Å². The number of hydrogen-bond donors (Lipinski definition) is 0. The molecule has 3 aromatic carbocycles. The molecule has 3 aromatic rings. The zero-order valence-corrected chi connectivity index (χ0v) is 28.7. The second-order valence-corrected chi connectivity index (χ2v) is 13.5. The molecule has 1 atom stereocenters. The average Bonchev–Trinajstić information content (AvgIpc) is 3.08. The summed E-state index contributed by atoms with van der Waals surface area (Å²) in [5.41, 5.74) is 2.76. The highest BCUT2D eigenvalue weighted by molar-refractivity contribution is 7.99. The summed E-state index contributed by atoms with van der Waals surface area (Å²) in [5, 5.41) is 0.270. The summed E-state index contributed by atoms with van der Waals surface area (Å²) in [6, 6.07) is 31.9. The lowest BCUT2D eigenvalue weighted by Crippen LogP contribution is -2.36. The summed E-state index contributed by atoms with van der Waals surface area (Å²) in [6.45, 7) is 4.47. The number of benzene rings is 3. The molecule has 0 saturated heterocycles. The van der Waals surface area contributed by atoms with Crippen molar-refractivity contribution in [2.75, 3.05) is 26.1 Å². The summed E-state index contributed by atoms with van der Waals surface area (Å²) < 4.78 is 13.2. The van der Waals surface area contributed by atoms with E-state index in [0.29, 0.717) is 13.2 Å². The number of hydrogen-bond acceptors (Lipinski definition) is 3. The molecule has 0 aliphatic rings. The number of ether oxygens (including phenoxy) is 2. The number of unbranched alkanes of at least 4 members (excludes halogenated alkanes) is 15. The highest BCUT2D eigenvalue weighted by Crippen LogP contribution is 2.40. The van der Waals surface area contributed by atoms with Crippen LogP contribution in [0.3, 0.4) is 0 Å². The van der Waals surface area contributed by atoms with Crippen LogP contribution in [0.25, 0.3) is 0 Å². The van der Waals surface area contributed by atoms with Crippen LogP contribution in [0.1, 0.15) is 126 Å². The number of rotatable bonds is 26. The number of thioether (sulfide) groups is 1. The van der Waals surface area contributed by atoms with Crippen molar-refractivity contribution in [3.63, 3.8) is 0 Å². The Kier molecular flexibility index (Phi) is 19.3. The Morgan fingerprint density at radius 2 is 0.864 bits per heavy atom.